The lowest BCUT2D eigenvalue weighted by atomic mass is 10.3. The second kappa shape index (κ2) is 7.33. The van der Waals surface area contributed by atoms with Crippen molar-refractivity contribution in [2.24, 2.45) is 7.05 Å². The zero-order valence-corrected chi connectivity index (χ0v) is 12.1. The Kier molecular flexibility index (Phi) is 5.20. The van der Waals surface area contributed by atoms with Crippen LogP contribution in [0.3, 0.4) is 0 Å². The van der Waals surface area contributed by atoms with Gasteiger partial charge in [-0.2, -0.15) is 5.10 Å². The predicted molar refractivity (Wildman–Crippen MR) is 80.9 cm³/mol. The van der Waals surface area contributed by atoms with Gasteiger partial charge in [0, 0.05) is 26.2 Å². The van der Waals surface area contributed by atoms with E-state index in [9.17, 15) is 4.79 Å². The molecule has 1 aromatic carbocycles. The molecule has 0 atom stereocenters. The Morgan fingerprint density at radius 1 is 1.38 bits per heavy atom. The van der Waals surface area contributed by atoms with E-state index in [1.807, 2.05) is 31.4 Å². The van der Waals surface area contributed by atoms with Crippen LogP contribution in [0, 0.1) is 0 Å². The minimum absolute atomic E-state index is 0.0413. The molecule has 0 radical (unpaired) electrons. The number of para-hydroxylation sites is 2. The van der Waals surface area contributed by atoms with Crippen LogP contribution in [0.15, 0.2) is 36.5 Å². The summed E-state index contributed by atoms with van der Waals surface area (Å²) >= 11 is 0. The molecular formula is C15H20N4O2. The summed E-state index contributed by atoms with van der Waals surface area (Å²) in [5.74, 6) is 0.569. The number of rotatable bonds is 7. The Morgan fingerprint density at radius 2 is 2.19 bits per heavy atom. The topological polar surface area (TPSA) is 82.2 Å². The van der Waals surface area contributed by atoms with Crippen LogP contribution < -0.4 is 15.8 Å². The number of nitrogen functional groups attached to an aromatic ring is 1. The maximum Gasteiger partial charge on any atom is 0.223 e. The molecule has 0 saturated heterocycles. The first-order chi connectivity index (χ1) is 10.1. The summed E-state index contributed by atoms with van der Waals surface area (Å²) in [6.45, 7) is 0.882. The normalized spacial score (nSPS) is 10.3. The average Bonchev–Trinajstić information content (AvgIpc) is 2.87. The molecule has 6 nitrogen and oxygen atoms in total. The second-order valence-corrected chi connectivity index (χ2v) is 4.72. The Bertz CT molecular complexity index is 595. The van der Waals surface area contributed by atoms with Crippen LogP contribution >= 0.6 is 0 Å². The Labute approximate surface area is 123 Å². The van der Waals surface area contributed by atoms with Gasteiger partial charge in [-0.05, 0) is 18.2 Å². The monoisotopic (exact) mass is 288 g/mol. The number of aromatic nitrogens is 2. The minimum atomic E-state index is -0.0413. The molecule has 0 unspecified atom stereocenters. The molecule has 2 aromatic rings. The molecule has 1 aromatic heterocycles. The lowest BCUT2D eigenvalue weighted by molar-refractivity contribution is -0.121. The fourth-order valence-corrected chi connectivity index (χ4v) is 1.88. The van der Waals surface area contributed by atoms with Crippen LogP contribution in [0.1, 0.15) is 12.1 Å². The summed E-state index contributed by atoms with van der Waals surface area (Å²) in [6, 6.07) is 9.18. The van der Waals surface area contributed by atoms with E-state index in [1.165, 1.54) is 0 Å². The fraction of sp³-hybridized carbons (Fsp3) is 0.333. The van der Waals surface area contributed by atoms with Gasteiger partial charge in [0.1, 0.15) is 5.75 Å². The van der Waals surface area contributed by atoms with Crippen molar-refractivity contribution in [1.29, 1.82) is 0 Å². The van der Waals surface area contributed by atoms with Gasteiger partial charge in [0.05, 0.1) is 24.4 Å². The van der Waals surface area contributed by atoms with E-state index in [0.29, 0.717) is 31.0 Å². The highest BCUT2D eigenvalue weighted by Crippen LogP contribution is 2.19. The number of ether oxygens (including phenoxy) is 1. The molecule has 0 aliphatic rings. The first kappa shape index (κ1) is 14.9. The Hall–Kier alpha value is -2.50. The van der Waals surface area contributed by atoms with E-state index < -0.39 is 0 Å². The molecular weight excluding hydrogens is 268 g/mol. The number of nitrogens with two attached hydrogens (primary N) is 1. The zero-order valence-electron chi connectivity index (χ0n) is 12.1. The number of amides is 1. The SMILES string of the molecule is Cn1ccc(CCNC(=O)CCOc2ccccc2N)n1. The fourth-order valence-electron chi connectivity index (χ4n) is 1.88. The van der Waals surface area contributed by atoms with Crippen LogP contribution in [0.4, 0.5) is 5.69 Å². The van der Waals surface area contributed by atoms with Crippen molar-refractivity contribution in [3.63, 3.8) is 0 Å². The van der Waals surface area contributed by atoms with E-state index in [1.54, 1.807) is 16.8 Å². The summed E-state index contributed by atoms with van der Waals surface area (Å²) in [4.78, 5) is 11.7. The summed E-state index contributed by atoms with van der Waals surface area (Å²) in [7, 11) is 1.87. The number of carbonyl (C=O) groups is 1. The number of aryl methyl sites for hydroxylation is 1. The standard InChI is InChI=1S/C15H20N4O2/c1-19-10-7-12(18-19)6-9-17-15(20)8-11-21-14-5-3-2-4-13(14)16/h2-5,7,10H,6,8-9,11,16H2,1H3,(H,17,20). The van der Waals surface area contributed by atoms with Gasteiger partial charge in [-0.15, -0.1) is 0 Å². The van der Waals surface area contributed by atoms with Gasteiger partial charge in [0.15, 0.2) is 0 Å². The number of carbonyl (C=O) groups excluding carboxylic acids is 1. The van der Waals surface area contributed by atoms with Crippen LogP contribution in [-0.2, 0) is 18.3 Å². The zero-order chi connectivity index (χ0) is 15.1. The van der Waals surface area contributed by atoms with E-state index in [0.717, 1.165) is 12.1 Å². The number of hydrogen-bond acceptors (Lipinski definition) is 4. The third kappa shape index (κ3) is 4.83. The smallest absolute Gasteiger partial charge is 0.223 e. The van der Waals surface area contributed by atoms with E-state index in [4.69, 9.17) is 10.5 Å². The quantitative estimate of drug-likeness (QED) is 0.748. The van der Waals surface area contributed by atoms with Crippen molar-refractivity contribution in [3.8, 4) is 5.75 Å². The molecule has 1 amide bonds. The van der Waals surface area contributed by atoms with Gasteiger partial charge in [-0.1, -0.05) is 12.1 Å². The van der Waals surface area contributed by atoms with Gasteiger partial charge in [-0.25, -0.2) is 0 Å². The van der Waals surface area contributed by atoms with E-state index in [2.05, 4.69) is 10.4 Å². The van der Waals surface area contributed by atoms with E-state index in [-0.39, 0.29) is 5.91 Å². The van der Waals surface area contributed by atoms with Crippen molar-refractivity contribution in [3.05, 3.63) is 42.2 Å². The first-order valence-electron chi connectivity index (χ1n) is 6.87. The molecule has 6 heteroatoms. The van der Waals surface area contributed by atoms with Crippen molar-refractivity contribution in [2.75, 3.05) is 18.9 Å². The van der Waals surface area contributed by atoms with Crippen LogP contribution in [0.25, 0.3) is 0 Å². The van der Waals surface area contributed by atoms with Crippen molar-refractivity contribution >= 4 is 11.6 Å². The summed E-state index contributed by atoms with van der Waals surface area (Å²) in [5, 5.41) is 7.09. The van der Waals surface area contributed by atoms with Gasteiger partial charge < -0.3 is 15.8 Å². The number of nitrogens with zero attached hydrogens (tertiary/aromatic N) is 2. The molecule has 2 rings (SSSR count). The molecule has 0 aliphatic carbocycles. The van der Waals surface area contributed by atoms with Crippen LogP contribution in [0.5, 0.6) is 5.75 Å². The molecule has 21 heavy (non-hydrogen) atoms. The Morgan fingerprint density at radius 3 is 2.90 bits per heavy atom. The summed E-state index contributed by atoms with van der Waals surface area (Å²) in [6.07, 6.45) is 2.91. The number of nitrogens with one attached hydrogen (secondary N) is 1. The molecule has 0 fully saturated rings. The number of benzene rings is 1. The second-order valence-electron chi connectivity index (χ2n) is 4.72. The average molecular weight is 288 g/mol. The predicted octanol–water partition coefficient (Wildman–Crippen LogP) is 1.13. The molecule has 0 saturated carbocycles. The molecule has 112 valence electrons. The van der Waals surface area contributed by atoms with Gasteiger partial charge in [0.2, 0.25) is 5.91 Å². The first-order valence-corrected chi connectivity index (χ1v) is 6.87. The summed E-state index contributed by atoms with van der Waals surface area (Å²) < 4.78 is 7.22. The maximum atomic E-state index is 11.7. The Balaban J connectivity index is 1.63. The van der Waals surface area contributed by atoms with E-state index >= 15 is 0 Å². The highest BCUT2D eigenvalue weighted by Gasteiger charge is 2.04. The molecule has 0 bridgehead atoms. The molecule has 0 aliphatic heterocycles. The third-order valence-electron chi connectivity index (χ3n) is 2.98. The highest BCUT2D eigenvalue weighted by atomic mass is 16.5. The number of anilines is 1. The largest absolute Gasteiger partial charge is 0.491 e. The third-order valence-corrected chi connectivity index (χ3v) is 2.98. The summed E-state index contributed by atoms with van der Waals surface area (Å²) in [5.41, 5.74) is 7.29. The van der Waals surface area contributed by atoms with Crippen molar-refractivity contribution in [1.82, 2.24) is 15.1 Å². The van der Waals surface area contributed by atoms with Gasteiger partial charge in [-0.3, -0.25) is 9.48 Å². The van der Waals surface area contributed by atoms with Crippen molar-refractivity contribution < 1.29 is 9.53 Å². The highest BCUT2D eigenvalue weighted by molar-refractivity contribution is 5.76. The maximum absolute atomic E-state index is 11.7. The van der Waals surface area contributed by atoms with Gasteiger partial charge in [0.25, 0.3) is 0 Å². The van der Waals surface area contributed by atoms with Gasteiger partial charge >= 0.3 is 0 Å². The van der Waals surface area contributed by atoms with Crippen LogP contribution in [0.2, 0.25) is 0 Å². The lowest BCUT2D eigenvalue weighted by Gasteiger charge is -2.08. The lowest BCUT2D eigenvalue weighted by Crippen LogP contribution is -2.27. The van der Waals surface area contributed by atoms with Crippen molar-refractivity contribution in [2.45, 2.75) is 12.8 Å². The molecule has 0 spiro atoms. The minimum Gasteiger partial charge on any atom is -0.491 e. The van der Waals surface area contributed by atoms with Crippen LogP contribution in [-0.4, -0.2) is 28.8 Å². The number of hydrogen-bond donors (Lipinski definition) is 2. The molecule has 1 heterocycles. The molecule has 3 N–H and O–H groups in total.